The molecule has 1 unspecified atom stereocenters. The van der Waals surface area contributed by atoms with Gasteiger partial charge in [-0.25, -0.2) is 0 Å². The maximum absolute atomic E-state index is 10.7. The van der Waals surface area contributed by atoms with E-state index in [4.69, 9.17) is 4.74 Å². The molecule has 0 aliphatic heterocycles. The van der Waals surface area contributed by atoms with Crippen LogP contribution in [0.15, 0.2) is 22.7 Å². The molecule has 1 rings (SSSR count). The molecule has 0 fully saturated rings. The van der Waals surface area contributed by atoms with Gasteiger partial charge in [-0.2, -0.15) is 0 Å². The smallest absolute Gasteiger partial charge is 0.270 e. The number of non-ortho nitro benzene ring substituents is 1. The SMILES string of the molecule is COCC(C)CNCc1cc(Br)cc([N+](=O)[O-])c1. The van der Waals surface area contributed by atoms with Crippen molar-refractivity contribution in [1.82, 2.24) is 5.32 Å². The van der Waals surface area contributed by atoms with Crippen LogP contribution in [0.5, 0.6) is 0 Å². The number of ether oxygens (including phenoxy) is 1. The van der Waals surface area contributed by atoms with Crippen molar-refractivity contribution in [2.45, 2.75) is 13.5 Å². The van der Waals surface area contributed by atoms with Gasteiger partial charge < -0.3 is 10.1 Å². The van der Waals surface area contributed by atoms with Crippen LogP contribution >= 0.6 is 15.9 Å². The van der Waals surface area contributed by atoms with Gasteiger partial charge in [0.1, 0.15) is 0 Å². The van der Waals surface area contributed by atoms with Gasteiger partial charge in [-0.05, 0) is 17.5 Å². The fraction of sp³-hybridized carbons (Fsp3) is 0.500. The van der Waals surface area contributed by atoms with Crippen LogP contribution < -0.4 is 5.32 Å². The van der Waals surface area contributed by atoms with Crippen molar-refractivity contribution < 1.29 is 9.66 Å². The van der Waals surface area contributed by atoms with Crippen molar-refractivity contribution in [3.8, 4) is 0 Å². The van der Waals surface area contributed by atoms with Crippen LogP contribution in [0.4, 0.5) is 5.69 Å². The zero-order valence-electron chi connectivity index (χ0n) is 10.5. The molecule has 0 bridgehead atoms. The molecule has 1 aromatic carbocycles. The summed E-state index contributed by atoms with van der Waals surface area (Å²) >= 11 is 3.27. The Morgan fingerprint density at radius 2 is 2.22 bits per heavy atom. The second kappa shape index (κ2) is 7.45. The quantitative estimate of drug-likeness (QED) is 0.620. The molecule has 0 aromatic heterocycles. The van der Waals surface area contributed by atoms with E-state index in [2.05, 4.69) is 28.2 Å². The molecule has 0 spiro atoms. The average Bonchev–Trinajstić information content (AvgIpc) is 2.28. The lowest BCUT2D eigenvalue weighted by Gasteiger charge is -2.11. The van der Waals surface area contributed by atoms with E-state index in [1.807, 2.05) is 6.07 Å². The fourth-order valence-corrected chi connectivity index (χ4v) is 2.18. The first kappa shape index (κ1) is 15.1. The molecule has 0 radical (unpaired) electrons. The summed E-state index contributed by atoms with van der Waals surface area (Å²) in [5.74, 6) is 0.414. The molecular formula is C12H17BrN2O3. The number of benzene rings is 1. The van der Waals surface area contributed by atoms with Crippen molar-refractivity contribution in [3.63, 3.8) is 0 Å². The molecule has 18 heavy (non-hydrogen) atoms. The lowest BCUT2D eigenvalue weighted by Crippen LogP contribution is -2.23. The predicted molar refractivity (Wildman–Crippen MR) is 73.5 cm³/mol. The highest BCUT2D eigenvalue weighted by Gasteiger charge is 2.08. The number of nitrogens with zero attached hydrogens (tertiary/aromatic N) is 1. The van der Waals surface area contributed by atoms with Crippen LogP contribution in [-0.2, 0) is 11.3 Å². The third kappa shape index (κ3) is 5.12. The van der Waals surface area contributed by atoms with E-state index in [0.29, 0.717) is 19.1 Å². The minimum Gasteiger partial charge on any atom is -0.384 e. The Kier molecular flexibility index (Phi) is 6.24. The lowest BCUT2D eigenvalue weighted by molar-refractivity contribution is -0.385. The Balaban J connectivity index is 2.54. The number of nitro benzene ring substituents is 1. The normalized spacial score (nSPS) is 12.4. The number of halogens is 1. The first-order chi connectivity index (χ1) is 8.52. The van der Waals surface area contributed by atoms with Crippen LogP contribution in [-0.4, -0.2) is 25.2 Å². The summed E-state index contributed by atoms with van der Waals surface area (Å²) in [5.41, 5.74) is 0.992. The standard InChI is InChI=1S/C12H17BrN2O3/c1-9(8-18-2)6-14-7-10-3-11(13)5-12(4-10)15(16)17/h3-5,9,14H,6-8H2,1-2H3. The molecule has 0 aliphatic carbocycles. The van der Waals surface area contributed by atoms with Gasteiger partial charge in [0.15, 0.2) is 0 Å². The topological polar surface area (TPSA) is 64.4 Å². The van der Waals surface area contributed by atoms with Gasteiger partial charge in [0.2, 0.25) is 0 Å². The van der Waals surface area contributed by atoms with Gasteiger partial charge in [0, 0.05) is 43.4 Å². The molecule has 5 nitrogen and oxygen atoms in total. The Bertz CT molecular complexity index is 412. The summed E-state index contributed by atoms with van der Waals surface area (Å²) in [7, 11) is 1.67. The number of hydrogen-bond acceptors (Lipinski definition) is 4. The molecule has 100 valence electrons. The van der Waals surface area contributed by atoms with Gasteiger partial charge in [0.25, 0.3) is 5.69 Å². The van der Waals surface area contributed by atoms with Gasteiger partial charge in [0.05, 0.1) is 4.92 Å². The van der Waals surface area contributed by atoms with E-state index in [1.54, 1.807) is 13.2 Å². The monoisotopic (exact) mass is 316 g/mol. The van der Waals surface area contributed by atoms with Crippen molar-refractivity contribution >= 4 is 21.6 Å². The van der Waals surface area contributed by atoms with Crippen molar-refractivity contribution in [3.05, 3.63) is 38.3 Å². The third-order valence-electron chi connectivity index (χ3n) is 2.43. The highest BCUT2D eigenvalue weighted by atomic mass is 79.9. The number of rotatable bonds is 7. The summed E-state index contributed by atoms with van der Waals surface area (Å²) in [6.45, 7) is 4.20. The van der Waals surface area contributed by atoms with Gasteiger partial charge in [-0.3, -0.25) is 10.1 Å². The minimum absolute atomic E-state index is 0.103. The first-order valence-electron chi connectivity index (χ1n) is 5.66. The summed E-state index contributed by atoms with van der Waals surface area (Å²) in [6, 6.07) is 4.96. The van der Waals surface area contributed by atoms with E-state index < -0.39 is 0 Å². The molecule has 6 heteroatoms. The Morgan fingerprint density at radius 3 is 2.83 bits per heavy atom. The van der Waals surface area contributed by atoms with E-state index in [9.17, 15) is 10.1 Å². The van der Waals surface area contributed by atoms with Crippen LogP contribution in [0.25, 0.3) is 0 Å². The summed E-state index contributed by atoms with van der Waals surface area (Å²) in [5, 5.41) is 14.0. The molecule has 0 aliphatic rings. The molecule has 1 atom stereocenters. The van der Waals surface area contributed by atoms with Crippen molar-refractivity contribution in [1.29, 1.82) is 0 Å². The number of nitrogens with one attached hydrogen (secondary N) is 1. The molecule has 0 saturated heterocycles. The zero-order chi connectivity index (χ0) is 13.5. The number of nitro groups is 1. The Morgan fingerprint density at radius 1 is 1.50 bits per heavy atom. The van der Waals surface area contributed by atoms with E-state index in [1.165, 1.54) is 6.07 Å². The third-order valence-corrected chi connectivity index (χ3v) is 2.88. The summed E-state index contributed by atoms with van der Waals surface area (Å²) < 4.78 is 5.76. The fourth-order valence-electron chi connectivity index (χ4n) is 1.65. The zero-order valence-corrected chi connectivity index (χ0v) is 12.1. The predicted octanol–water partition coefficient (Wildman–Crippen LogP) is 2.73. The van der Waals surface area contributed by atoms with Gasteiger partial charge in [-0.1, -0.05) is 22.9 Å². The molecule has 1 N–H and O–H groups in total. The van der Waals surface area contributed by atoms with Gasteiger partial charge >= 0.3 is 0 Å². The first-order valence-corrected chi connectivity index (χ1v) is 6.45. The Labute approximate surface area is 115 Å². The van der Waals surface area contributed by atoms with E-state index >= 15 is 0 Å². The molecule has 0 heterocycles. The molecular weight excluding hydrogens is 300 g/mol. The summed E-state index contributed by atoms with van der Waals surface area (Å²) in [4.78, 5) is 10.3. The molecule has 0 saturated carbocycles. The average molecular weight is 317 g/mol. The van der Waals surface area contributed by atoms with Crippen LogP contribution in [0.2, 0.25) is 0 Å². The highest BCUT2D eigenvalue weighted by Crippen LogP contribution is 2.21. The van der Waals surface area contributed by atoms with Crippen LogP contribution in [0.3, 0.4) is 0 Å². The minimum atomic E-state index is -0.387. The van der Waals surface area contributed by atoms with Crippen LogP contribution in [0, 0.1) is 16.0 Å². The molecule has 1 aromatic rings. The van der Waals surface area contributed by atoms with Gasteiger partial charge in [-0.15, -0.1) is 0 Å². The lowest BCUT2D eigenvalue weighted by atomic mass is 10.1. The number of methoxy groups -OCH3 is 1. The van der Waals surface area contributed by atoms with Crippen molar-refractivity contribution in [2.75, 3.05) is 20.3 Å². The second-order valence-electron chi connectivity index (χ2n) is 4.27. The highest BCUT2D eigenvalue weighted by molar-refractivity contribution is 9.10. The van der Waals surface area contributed by atoms with Crippen molar-refractivity contribution in [2.24, 2.45) is 5.92 Å². The largest absolute Gasteiger partial charge is 0.384 e. The Hall–Kier alpha value is -0.980. The van der Waals surface area contributed by atoms with E-state index in [-0.39, 0.29) is 10.6 Å². The summed E-state index contributed by atoms with van der Waals surface area (Å²) in [6.07, 6.45) is 0. The molecule has 0 amide bonds. The van der Waals surface area contributed by atoms with E-state index in [0.717, 1.165) is 16.6 Å². The second-order valence-corrected chi connectivity index (χ2v) is 5.18. The van der Waals surface area contributed by atoms with Crippen LogP contribution in [0.1, 0.15) is 12.5 Å². The number of hydrogen-bond donors (Lipinski definition) is 1. The maximum Gasteiger partial charge on any atom is 0.270 e. The maximum atomic E-state index is 10.7.